The number of ether oxygens (including phenoxy) is 4. The Morgan fingerprint density at radius 3 is 2.71 bits per heavy atom. The zero-order valence-corrected chi connectivity index (χ0v) is 17.5. The van der Waals surface area contributed by atoms with Gasteiger partial charge in [0.25, 0.3) is 0 Å². The first-order chi connectivity index (χ1) is 15.0. The largest absolute Gasteiger partial charge is 0.477 e. The van der Waals surface area contributed by atoms with E-state index >= 15 is 0 Å². The van der Waals surface area contributed by atoms with Crippen molar-refractivity contribution in [3.63, 3.8) is 0 Å². The van der Waals surface area contributed by atoms with Crippen LogP contribution in [0.3, 0.4) is 0 Å². The van der Waals surface area contributed by atoms with E-state index in [1.54, 1.807) is 25.1 Å². The number of Topliss-reactive ketones (excluding diaryl/α,β-unsaturated/α-hetero) is 1. The van der Waals surface area contributed by atoms with Crippen LogP contribution in [0.15, 0.2) is 42.6 Å². The van der Waals surface area contributed by atoms with Gasteiger partial charge in [0.1, 0.15) is 5.56 Å². The lowest BCUT2D eigenvalue weighted by atomic mass is 10.1. The molecule has 1 aliphatic heterocycles. The van der Waals surface area contributed by atoms with Gasteiger partial charge in [-0.2, -0.15) is 0 Å². The Morgan fingerprint density at radius 2 is 1.90 bits per heavy atom. The van der Waals surface area contributed by atoms with Gasteiger partial charge in [0, 0.05) is 34.9 Å². The molecule has 3 aromatic rings. The molecule has 0 bridgehead atoms. The quantitative estimate of drug-likeness (QED) is 0.424. The summed E-state index contributed by atoms with van der Waals surface area (Å²) in [5.74, 6) is 0.581. The molecule has 1 aliphatic rings. The second-order valence-electron chi connectivity index (χ2n) is 6.95. The minimum Gasteiger partial charge on any atom is -0.477 e. The van der Waals surface area contributed by atoms with Crippen LogP contribution in [0, 0.1) is 13.8 Å². The van der Waals surface area contributed by atoms with Crippen molar-refractivity contribution in [3.8, 4) is 23.1 Å². The maximum Gasteiger partial charge on any atom is 0.344 e. The fourth-order valence-corrected chi connectivity index (χ4v) is 3.55. The van der Waals surface area contributed by atoms with Crippen LogP contribution in [0.5, 0.6) is 17.4 Å². The molecule has 1 aromatic carbocycles. The molecule has 31 heavy (non-hydrogen) atoms. The van der Waals surface area contributed by atoms with Crippen LogP contribution in [-0.4, -0.2) is 41.3 Å². The van der Waals surface area contributed by atoms with E-state index in [-0.39, 0.29) is 30.6 Å². The molecule has 0 N–H and O–H groups in total. The third kappa shape index (κ3) is 3.96. The van der Waals surface area contributed by atoms with Gasteiger partial charge in [0.2, 0.25) is 18.5 Å². The molecule has 0 amide bonds. The zero-order chi connectivity index (χ0) is 22.0. The Labute approximate surface area is 179 Å². The van der Waals surface area contributed by atoms with Crippen LogP contribution in [0.2, 0.25) is 0 Å². The molecule has 8 nitrogen and oxygen atoms in total. The van der Waals surface area contributed by atoms with Gasteiger partial charge in [-0.05, 0) is 51.1 Å². The van der Waals surface area contributed by atoms with Crippen molar-refractivity contribution in [1.29, 1.82) is 0 Å². The molecule has 0 atom stereocenters. The fraction of sp³-hybridized carbons (Fsp3) is 0.261. The minimum atomic E-state index is -0.658. The Morgan fingerprint density at radius 1 is 1.10 bits per heavy atom. The monoisotopic (exact) mass is 422 g/mol. The summed E-state index contributed by atoms with van der Waals surface area (Å²) >= 11 is 0. The average molecular weight is 422 g/mol. The maximum atomic E-state index is 12.8. The summed E-state index contributed by atoms with van der Waals surface area (Å²) in [6, 6.07) is 10.6. The number of pyridine rings is 1. The molecule has 0 radical (unpaired) electrons. The molecular formula is C23H22N2O6. The summed E-state index contributed by atoms with van der Waals surface area (Å²) in [7, 11) is 0. The second kappa shape index (κ2) is 8.51. The predicted molar refractivity (Wildman–Crippen MR) is 111 cm³/mol. The number of rotatable bonds is 7. The Balaban J connectivity index is 1.51. The number of benzene rings is 1. The van der Waals surface area contributed by atoms with Gasteiger partial charge in [-0.25, -0.2) is 9.78 Å². The molecule has 0 fully saturated rings. The number of nitrogens with zero attached hydrogens (tertiary/aromatic N) is 2. The predicted octanol–water partition coefficient (Wildman–Crippen LogP) is 3.66. The van der Waals surface area contributed by atoms with Gasteiger partial charge in [-0.3, -0.25) is 4.79 Å². The molecule has 0 saturated carbocycles. The highest BCUT2D eigenvalue weighted by Gasteiger charge is 2.22. The second-order valence-corrected chi connectivity index (χ2v) is 6.95. The smallest absolute Gasteiger partial charge is 0.344 e. The summed E-state index contributed by atoms with van der Waals surface area (Å²) in [5, 5.41) is 0. The molecule has 4 rings (SSSR count). The number of fused-ring (bicyclic) bond motifs is 1. The molecule has 0 aliphatic carbocycles. The highest BCUT2D eigenvalue weighted by Crippen LogP contribution is 2.35. The van der Waals surface area contributed by atoms with Crippen LogP contribution in [-0.2, 0) is 4.74 Å². The molecular weight excluding hydrogens is 400 g/mol. The van der Waals surface area contributed by atoms with Crippen molar-refractivity contribution < 1.29 is 28.5 Å². The average Bonchev–Trinajstić information content (AvgIpc) is 3.35. The maximum absolute atomic E-state index is 12.8. The highest BCUT2D eigenvalue weighted by molar-refractivity contribution is 6.01. The normalized spacial score (nSPS) is 12.0. The van der Waals surface area contributed by atoms with Crippen LogP contribution in [0.25, 0.3) is 5.69 Å². The van der Waals surface area contributed by atoms with E-state index < -0.39 is 5.97 Å². The first-order valence-electron chi connectivity index (χ1n) is 9.86. The van der Waals surface area contributed by atoms with Crippen LogP contribution in [0.4, 0.5) is 0 Å². The Hall–Kier alpha value is -3.81. The van der Waals surface area contributed by atoms with E-state index in [0.717, 1.165) is 17.1 Å². The first-order valence-corrected chi connectivity index (χ1v) is 9.86. The van der Waals surface area contributed by atoms with Crippen molar-refractivity contribution in [2.24, 2.45) is 0 Å². The summed E-state index contributed by atoms with van der Waals surface area (Å²) in [5.41, 5.74) is 3.14. The van der Waals surface area contributed by atoms with Gasteiger partial charge in [0.05, 0.1) is 6.61 Å². The van der Waals surface area contributed by atoms with Crippen LogP contribution in [0.1, 0.15) is 39.0 Å². The van der Waals surface area contributed by atoms with Crippen LogP contribution < -0.4 is 14.2 Å². The standard InChI is InChI=1S/C23H22N2O6/c1-4-28-22-17(6-5-9-24-22)23(27)29-12-19(26)18-10-14(2)25(15(18)3)16-7-8-20-21(11-16)31-13-30-20/h5-11H,4,12-13H2,1-3H3. The molecule has 0 saturated heterocycles. The molecule has 0 unspecified atom stereocenters. The molecule has 8 heteroatoms. The number of carbonyl (C=O) groups is 2. The van der Waals surface area contributed by atoms with Crippen molar-refractivity contribution >= 4 is 11.8 Å². The number of hydrogen-bond donors (Lipinski definition) is 0. The van der Waals surface area contributed by atoms with Crippen molar-refractivity contribution in [1.82, 2.24) is 9.55 Å². The Bertz CT molecular complexity index is 1150. The summed E-state index contributed by atoms with van der Waals surface area (Å²) in [4.78, 5) is 29.3. The summed E-state index contributed by atoms with van der Waals surface area (Å²) in [6.07, 6.45) is 1.53. The zero-order valence-electron chi connectivity index (χ0n) is 17.5. The van der Waals surface area contributed by atoms with Crippen molar-refractivity contribution in [2.75, 3.05) is 20.0 Å². The molecule has 160 valence electrons. The SMILES string of the molecule is CCOc1ncccc1C(=O)OCC(=O)c1cc(C)n(-c2ccc3c(c2)OCO3)c1C. The summed E-state index contributed by atoms with van der Waals surface area (Å²) in [6.45, 7) is 5.72. The number of aryl methyl sites for hydroxylation is 1. The van der Waals surface area contributed by atoms with Gasteiger partial charge >= 0.3 is 5.97 Å². The van der Waals surface area contributed by atoms with Gasteiger partial charge in [-0.1, -0.05) is 0 Å². The Kier molecular flexibility index (Phi) is 5.62. The lowest BCUT2D eigenvalue weighted by Gasteiger charge is -2.11. The molecule has 2 aromatic heterocycles. The number of hydrogen-bond acceptors (Lipinski definition) is 7. The van der Waals surface area contributed by atoms with Gasteiger partial charge < -0.3 is 23.5 Å². The van der Waals surface area contributed by atoms with E-state index in [2.05, 4.69) is 4.98 Å². The lowest BCUT2D eigenvalue weighted by Crippen LogP contribution is -2.16. The topological polar surface area (TPSA) is 88.9 Å². The third-order valence-electron chi connectivity index (χ3n) is 4.95. The molecule has 0 spiro atoms. The molecule has 3 heterocycles. The third-order valence-corrected chi connectivity index (χ3v) is 4.95. The number of ketones is 1. The van der Waals surface area contributed by atoms with E-state index in [9.17, 15) is 9.59 Å². The lowest BCUT2D eigenvalue weighted by molar-refractivity contribution is 0.0469. The van der Waals surface area contributed by atoms with Gasteiger partial charge in [-0.15, -0.1) is 0 Å². The first kappa shape index (κ1) is 20.5. The fourth-order valence-electron chi connectivity index (χ4n) is 3.55. The number of esters is 1. The number of aromatic nitrogens is 2. The minimum absolute atomic E-state index is 0.183. The van der Waals surface area contributed by atoms with Gasteiger partial charge in [0.15, 0.2) is 18.1 Å². The number of carbonyl (C=O) groups excluding carboxylic acids is 2. The van der Waals surface area contributed by atoms with Crippen molar-refractivity contribution in [3.05, 3.63) is 65.1 Å². The highest BCUT2D eigenvalue weighted by atomic mass is 16.7. The van der Waals surface area contributed by atoms with E-state index in [1.807, 2.05) is 36.6 Å². The van der Waals surface area contributed by atoms with Crippen LogP contribution >= 0.6 is 0 Å². The van der Waals surface area contributed by atoms with E-state index in [1.165, 1.54) is 6.20 Å². The van der Waals surface area contributed by atoms with E-state index in [0.29, 0.717) is 23.7 Å². The van der Waals surface area contributed by atoms with Crippen molar-refractivity contribution in [2.45, 2.75) is 20.8 Å². The van der Waals surface area contributed by atoms with E-state index in [4.69, 9.17) is 18.9 Å². The summed E-state index contributed by atoms with van der Waals surface area (Å²) < 4.78 is 23.4.